The molecule has 2 aromatic rings. The first kappa shape index (κ1) is 16.6. The fourth-order valence-corrected chi connectivity index (χ4v) is 2.67. The van der Waals surface area contributed by atoms with Gasteiger partial charge in [-0.1, -0.05) is 18.5 Å². The number of aryl methyl sites for hydroxylation is 1. The van der Waals surface area contributed by atoms with Gasteiger partial charge in [0.2, 0.25) is 0 Å². The number of halogens is 1. The summed E-state index contributed by atoms with van der Waals surface area (Å²) in [5, 5.41) is 7.06. The molecule has 0 unspecified atom stereocenters. The zero-order chi connectivity index (χ0) is 15.9. The highest BCUT2D eigenvalue weighted by atomic mass is 35.5. The Morgan fingerprint density at radius 3 is 2.95 bits per heavy atom. The third-order valence-electron chi connectivity index (χ3n) is 2.74. The van der Waals surface area contributed by atoms with Crippen LogP contribution in [0.3, 0.4) is 0 Å². The molecule has 5 nitrogen and oxygen atoms in total. The summed E-state index contributed by atoms with van der Waals surface area (Å²) in [7, 11) is 0. The van der Waals surface area contributed by atoms with Crippen LogP contribution in [0.25, 0.3) is 0 Å². The molecule has 7 heteroatoms. The summed E-state index contributed by atoms with van der Waals surface area (Å²) in [5.41, 5.74) is 0.555. The Bertz CT molecular complexity index is 645. The van der Waals surface area contributed by atoms with Crippen LogP contribution in [0.1, 0.15) is 23.2 Å². The number of amides is 2. The molecule has 1 heterocycles. The zero-order valence-corrected chi connectivity index (χ0v) is 14.1. The van der Waals surface area contributed by atoms with Gasteiger partial charge in [-0.2, -0.15) is 0 Å². The second-order valence-corrected chi connectivity index (χ2v) is 6.40. The van der Waals surface area contributed by atoms with Gasteiger partial charge in [0, 0.05) is 16.1 Å². The van der Waals surface area contributed by atoms with Crippen molar-refractivity contribution in [3.05, 3.63) is 39.3 Å². The maximum Gasteiger partial charge on any atom is 0.319 e. The number of hydrogen-bond donors (Lipinski definition) is 2. The molecular formula is C15H18ClN3O2S. The molecule has 0 atom stereocenters. The Morgan fingerprint density at radius 1 is 1.45 bits per heavy atom. The Kier molecular flexibility index (Phi) is 6.03. The number of anilines is 1. The Labute approximate surface area is 138 Å². The quantitative estimate of drug-likeness (QED) is 0.828. The number of hydrogen-bond acceptors (Lipinski definition) is 4. The molecule has 2 rings (SSSR count). The lowest BCUT2D eigenvalue weighted by Crippen LogP contribution is -2.28. The van der Waals surface area contributed by atoms with Crippen molar-refractivity contribution in [2.24, 2.45) is 0 Å². The van der Waals surface area contributed by atoms with E-state index in [0.717, 1.165) is 16.3 Å². The number of aromatic nitrogens is 1. The van der Waals surface area contributed by atoms with E-state index in [1.165, 1.54) is 0 Å². The van der Waals surface area contributed by atoms with Crippen molar-refractivity contribution in [3.63, 3.8) is 0 Å². The molecule has 2 amide bonds. The van der Waals surface area contributed by atoms with E-state index in [2.05, 4.69) is 15.6 Å². The summed E-state index contributed by atoms with van der Waals surface area (Å²) in [6.07, 6.45) is 2.65. The minimum Gasteiger partial charge on any atom is -0.491 e. The molecule has 118 valence electrons. The van der Waals surface area contributed by atoms with Crippen molar-refractivity contribution in [1.29, 1.82) is 0 Å². The average Bonchev–Trinajstić information content (AvgIpc) is 2.90. The van der Waals surface area contributed by atoms with E-state index >= 15 is 0 Å². The van der Waals surface area contributed by atoms with Crippen LogP contribution >= 0.6 is 22.9 Å². The highest BCUT2D eigenvalue weighted by Gasteiger charge is 2.09. The summed E-state index contributed by atoms with van der Waals surface area (Å²) >= 11 is 7.53. The largest absolute Gasteiger partial charge is 0.491 e. The van der Waals surface area contributed by atoms with Gasteiger partial charge in [-0.3, -0.25) is 0 Å². The second kappa shape index (κ2) is 8.00. The van der Waals surface area contributed by atoms with E-state index in [4.69, 9.17) is 16.3 Å². The summed E-state index contributed by atoms with van der Waals surface area (Å²) in [6.45, 7) is 4.96. The number of urea groups is 1. The number of thiazole rings is 1. The molecule has 0 saturated carbocycles. The van der Waals surface area contributed by atoms with E-state index < -0.39 is 0 Å². The zero-order valence-electron chi connectivity index (χ0n) is 12.5. The van der Waals surface area contributed by atoms with Gasteiger partial charge in [0.05, 0.1) is 23.8 Å². The Balaban J connectivity index is 1.96. The highest BCUT2D eigenvalue weighted by molar-refractivity contribution is 7.11. The van der Waals surface area contributed by atoms with Gasteiger partial charge in [-0.25, -0.2) is 9.78 Å². The maximum atomic E-state index is 12.0. The summed E-state index contributed by atoms with van der Waals surface area (Å²) in [5.74, 6) is 0.607. The molecule has 0 aliphatic heterocycles. The number of nitrogens with one attached hydrogen (secondary N) is 2. The molecule has 0 spiro atoms. The average molecular weight is 340 g/mol. The van der Waals surface area contributed by atoms with E-state index in [1.807, 2.05) is 13.8 Å². The molecule has 1 aromatic carbocycles. The minimum absolute atomic E-state index is 0.310. The van der Waals surface area contributed by atoms with Crippen LogP contribution in [0.2, 0.25) is 5.02 Å². The molecule has 0 saturated heterocycles. The molecule has 0 radical (unpaired) electrons. The second-order valence-electron chi connectivity index (χ2n) is 4.64. The van der Waals surface area contributed by atoms with Gasteiger partial charge in [-0.15, -0.1) is 11.3 Å². The predicted molar refractivity (Wildman–Crippen MR) is 89.9 cm³/mol. The normalized spacial score (nSPS) is 10.3. The predicted octanol–water partition coefficient (Wildman–Crippen LogP) is 4.22. The molecule has 1 aromatic heterocycles. The van der Waals surface area contributed by atoms with Crippen LogP contribution in [-0.4, -0.2) is 17.6 Å². The third-order valence-corrected chi connectivity index (χ3v) is 3.89. The molecular weight excluding hydrogens is 322 g/mol. The molecule has 0 bridgehead atoms. The van der Waals surface area contributed by atoms with Crippen molar-refractivity contribution in [1.82, 2.24) is 10.3 Å². The number of benzene rings is 1. The summed E-state index contributed by atoms with van der Waals surface area (Å²) in [6, 6.07) is 4.84. The SMILES string of the molecule is CCCOc1ccc(Cl)cc1NC(=O)NCc1cnc(C)s1. The lowest BCUT2D eigenvalue weighted by molar-refractivity contribution is 0.251. The highest BCUT2D eigenvalue weighted by Crippen LogP contribution is 2.28. The van der Waals surface area contributed by atoms with Crippen LogP contribution in [-0.2, 0) is 6.54 Å². The fraction of sp³-hybridized carbons (Fsp3) is 0.333. The lowest BCUT2D eigenvalue weighted by Gasteiger charge is -2.13. The van der Waals surface area contributed by atoms with Crippen LogP contribution < -0.4 is 15.4 Å². The van der Waals surface area contributed by atoms with Crippen molar-refractivity contribution >= 4 is 34.7 Å². The Hall–Kier alpha value is -1.79. The van der Waals surface area contributed by atoms with Gasteiger partial charge in [-0.05, 0) is 31.5 Å². The Morgan fingerprint density at radius 2 is 2.27 bits per heavy atom. The first-order chi connectivity index (χ1) is 10.6. The van der Waals surface area contributed by atoms with Gasteiger partial charge < -0.3 is 15.4 Å². The molecule has 2 N–H and O–H groups in total. The number of rotatable bonds is 6. The minimum atomic E-state index is -0.310. The van der Waals surface area contributed by atoms with Crippen LogP contribution in [0.5, 0.6) is 5.75 Å². The van der Waals surface area contributed by atoms with Crippen LogP contribution in [0, 0.1) is 6.92 Å². The van der Waals surface area contributed by atoms with Crippen LogP contribution in [0.15, 0.2) is 24.4 Å². The summed E-state index contributed by atoms with van der Waals surface area (Å²) in [4.78, 5) is 17.1. The monoisotopic (exact) mass is 339 g/mol. The fourth-order valence-electron chi connectivity index (χ4n) is 1.76. The topological polar surface area (TPSA) is 63.2 Å². The van der Waals surface area contributed by atoms with E-state index in [1.54, 1.807) is 35.7 Å². The van der Waals surface area contributed by atoms with Gasteiger partial charge >= 0.3 is 6.03 Å². The molecule has 0 aliphatic carbocycles. The maximum absolute atomic E-state index is 12.0. The molecule has 0 aliphatic rings. The lowest BCUT2D eigenvalue weighted by atomic mass is 10.3. The van der Waals surface area contributed by atoms with E-state index in [0.29, 0.717) is 29.6 Å². The summed E-state index contributed by atoms with van der Waals surface area (Å²) < 4.78 is 5.60. The van der Waals surface area contributed by atoms with Gasteiger partial charge in [0.25, 0.3) is 0 Å². The van der Waals surface area contributed by atoms with Crippen LogP contribution in [0.4, 0.5) is 10.5 Å². The van der Waals surface area contributed by atoms with Gasteiger partial charge in [0.1, 0.15) is 5.75 Å². The number of ether oxygens (including phenoxy) is 1. The van der Waals surface area contributed by atoms with Crippen molar-refractivity contribution < 1.29 is 9.53 Å². The number of carbonyl (C=O) groups excluding carboxylic acids is 1. The van der Waals surface area contributed by atoms with E-state index in [-0.39, 0.29) is 6.03 Å². The third kappa shape index (κ3) is 4.89. The smallest absolute Gasteiger partial charge is 0.319 e. The standard InChI is InChI=1S/C15H18ClN3O2S/c1-3-6-21-14-5-4-11(16)7-13(14)19-15(20)18-9-12-8-17-10(2)22-12/h4-5,7-8H,3,6,9H2,1-2H3,(H2,18,19,20). The number of carbonyl (C=O) groups is 1. The number of nitrogens with zero attached hydrogens (tertiary/aromatic N) is 1. The van der Waals surface area contributed by atoms with Crippen molar-refractivity contribution in [2.75, 3.05) is 11.9 Å². The molecule has 0 fully saturated rings. The van der Waals surface area contributed by atoms with Crippen molar-refractivity contribution in [3.8, 4) is 5.75 Å². The first-order valence-corrected chi connectivity index (χ1v) is 8.16. The first-order valence-electron chi connectivity index (χ1n) is 6.97. The van der Waals surface area contributed by atoms with Gasteiger partial charge in [0.15, 0.2) is 0 Å². The van der Waals surface area contributed by atoms with E-state index in [9.17, 15) is 4.79 Å². The van der Waals surface area contributed by atoms with Crippen molar-refractivity contribution in [2.45, 2.75) is 26.8 Å². The molecule has 22 heavy (non-hydrogen) atoms.